The SMILES string of the molecule is CCOc1cc(C(=O)N2CCC[C@H]3CN(C)C[C@H]32)on1. The third-order valence-corrected chi connectivity index (χ3v) is 4.22. The molecular formula is C14H21N3O3. The van der Waals surface area contributed by atoms with Crippen LogP contribution >= 0.6 is 0 Å². The molecule has 20 heavy (non-hydrogen) atoms. The summed E-state index contributed by atoms with van der Waals surface area (Å²) in [6, 6.07) is 1.90. The zero-order valence-corrected chi connectivity index (χ0v) is 12.0. The number of hydrogen-bond donors (Lipinski definition) is 0. The second-order valence-corrected chi connectivity index (χ2v) is 5.65. The molecule has 0 bridgehead atoms. The minimum atomic E-state index is -0.0616. The number of rotatable bonds is 3. The predicted octanol–water partition coefficient (Wildman–Crippen LogP) is 1.24. The highest BCUT2D eigenvalue weighted by Gasteiger charge is 2.40. The highest BCUT2D eigenvalue weighted by Crippen LogP contribution is 2.31. The Bertz CT molecular complexity index is 488. The van der Waals surface area contributed by atoms with Gasteiger partial charge < -0.3 is 19.1 Å². The molecule has 0 spiro atoms. The van der Waals surface area contributed by atoms with Crippen LogP contribution in [0.2, 0.25) is 0 Å². The van der Waals surface area contributed by atoms with Gasteiger partial charge in [-0.1, -0.05) is 0 Å². The van der Waals surface area contributed by atoms with Gasteiger partial charge >= 0.3 is 0 Å². The van der Waals surface area contributed by atoms with E-state index in [9.17, 15) is 4.79 Å². The van der Waals surface area contributed by atoms with Crippen LogP contribution < -0.4 is 4.74 Å². The van der Waals surface area contributed by atoms with Crippen molar-refractivity contribution in [2.45, 2.75) is 25.8 Å². The quantitative estimate of drug-likeness (QED) is 0.833. The molecule has 1 aromatic rings. The smallest absolute Gasteiger partial charge is 0.292 e. The van der Waals surface area contributed by atoms with Gasteiger partial charge in [-0.2, -0.15) is 0 Å². The number of likely N-dealkylation sites (N-methyl/N-ethyl adjacent to an activating group) is 1. The third kappa shape index (κ3) is 2.40. The number of ether oxygens (including phenoxy) is 1. The van der Waals surface area contributed by atoms with Crippen LogP contribution in [0.3, 0.4) is 0 Å². The predicted molar refractivity (Wildman–Crippen MR) is 72.7 cm³/mol. The lowest BCUT2D eigenvalue weighted by molar-refractivity contribution is 0.0530. The van der Waals surface area contributed by atoms with Crippen LogP contribution in [0.1, 0.15) is 30.3 Å². The lowest BCUT2D eigenvalue weighted by atomic mass is 9.92. The van der Waals surface area contributed by atoms with Crippen LogP contribution in [0.25, 0.3) is 0 Å². The molecule has 2 aliphatic rings. The van der Waals surface area contributed by atoms with Crippen molar-refractivity contribution in [3.8, 4) is 5.88 Å². The molecule has 3 heterocycles. The van der Waals surface area contributed by atoms with E-state index < -0.39 is 0 Å². The molecule has 2 atom stereocenters. The van der Waals surface area contributed by atoms with Crippen molar-refractivity contribution in [3.05, 3.63) is 11.8 Å². The Balaban J connectivity index is 1.75. The van der Waals surface area contributed by atoms with Gasteiger partial charge in [0.2, 0.25) is 5.76 Å². The highest BCUT2D eigenvalue weighted by molar-refractivity contribution is 5.92. The van der Waals surface area contributed by atoms with Crippen molar-refractivity contribution in [1.29, 1.82) is 0 Å². The second-order valence-electron chi connectivity index (χ2n) is 5.65. The Morgan fingerprint density at radius 2 is 2.40 bits per heavy atom. The van der Waals surface area contributed by atoms with Gasteiger partial charge in [-0.3, -0.25) is 4.79 Å². The van der Waals surface area contributed by atoms with Crippen LogP contribution in [0, 0.1) is 5.92 Å². The zero-order chi connectivity index (χ0) is 14.1. The first-order valence-electron chi connectivity index (χ1n) is 7.28. The molecule has 0 unspecified atom stereocenters. The van der Waals surface area contributed by atoms with Gasteiger partial charge in [0.1, 0.15) is 0 Å². The number of likely N-dealkylation sites (tertiary alicyclic amines) is 2. The Kier molecular flexibility index (Phi) is 3.65. The third-order valence-electron chi connectivity index (χ3n) is 4.22. The molecule has 6 nitrogen and oxygen atoms in total. The summed E-state index contributed by atoms with van der Waals surface area (Å²) in [5, 5.41) is 3.77. The molecule has 0 aromatic carbocycles. The van der Waals surface area contributed by atoms with Gasteiger partial charge in [-0.05, 0) is 37.9 Å². The first-order valence-corrected chi connectivity index (χ1v) is 7.28. The number of amides is 1. The van der Waals surface area contributed by atoms with E-state index in [1.807, 2.05) is 11.8 Å². The van der Waals surface area contributed by atoms with E-state index in [0.717, 1.165) is 26.1 Å². The highest BCUT2D eigenvalue weighted by atomic mass is 16.5. The summed E-state index contributed by atoms with van der Waals surface area (Å²) in [4.78, 5) is 16.8. The zero-order valence-electron chi connectivity index (χ0n) is 12.0. The van der Waals surface area contributed by atoms with Crippen molar-refractivity contribution in [1.82, 2.24) is 15.0 Å². The van der Waals surface area contributed by atoms with Crippen LogP contribution in [-0.2, 0) is 0 Å². The van der Waals surface area contributed by atoms with Gasteiger partial charge in [-0.15, -0.1) is 0 Å². The largest absolute Gasteiger partial charge is 0.476 e. The number of hydrogen-bond acceptors (Lipinski definition) is 5. The Hall–Kier alpha value is -1.56. The molecule has 0 radical (unpaired) electrons. The molecule has 1 aromatic heterocycles. The minimum absolute atomic E-state index is 0.0616. The van der Waals surface area contributed by atoms with Crippen molar-refractivity contribution in [2.75, 3.05) is 33.3 Å². The maximum absolute atomic E-state index is 12.6. The average molecular weight is 279 g/mol. The summed E-state index contributed by atoms with van der Waals surface area (Å²) < 4.78 is 10.4. The number of nitrogens with zero attached hydrogens (tertiary/aromatic N) is 3. The summed E-state index contributed by atoms with van der Waals surface area (Å²) in [7, 11) is 2.11. The molecule has 110 valence electrons. The normalized spacial score (nSPS) is 26.6. The molecule has 0 aliphatic carbocycles. The summed E-state index contributed by atoms with van der Waals surface area (Å²) in [6.07, 6.45) is 2.27. The molecule has 1 amide bonds. The van der Waals surface area contributed by atoms with E-state index in [4.69, 9.17) is 9.26 Å². The maximum Gasteiger partial charge on any atom is 0.292 e. The number of fused-ring (bicyclic) bond motifs is 1. The average Bonchev–Trinajstić information content (AvgIpc) is 3.03. The number of carbonyl (C=O) groups is 1. The van der Waals surface area contributed by atoms with Crippen molar-refractivity contribution in [3.63, 3.8) is 0 Å². The number of piperidine rings is 1. The Labute approximate surface area is 118 Å². The molecule has 6 heteroatoms. The van der Waals surface area contributed by atoms with E-state index >= 15 is 0 Å². The van der Waals surface area contributed by atoms with Crippen LogP contribution in [0.5, 0.6) is 5.88 Å². The van der Waals surface area contributed by atoms with Gasteiger partial charge in [0, 0.05) is 25.7 Å². The topological polar surface area (TPSA) is 58.8 Å². The van der Waals surface area contributed by atoms with Crippen LogP contribution in [-0.4, -0.2) is 60.2 Å². The second kappa shape index (κ2) is 5.44. The number of carbonyl (C=O) groups excluding carboxylic acids is 1. The Morgan fingerprint density at radius 1 is 1.55 bits per heavy atom. The molecule has 2 saturated heterocycles. The van der Waals surface area contributed by atoms with E-state index in [1.165, 1.54) is 6.42 Å². The Morgan fingerprint density at radius 3 is 3.20 bits per heavy atom. The van der Waals surface area contributed by atoms with E-state index in [2.05, 4.69) is 17.1 Å². The monoisotopic (exact) mass is 279 g/mol. The lowest BCUT2D eigenvalue weighted by Gasteiger charge is -2.36. The van der Waals surface area contributed by atoms with Crippen LogP contribution in [0.15, 0.2) is 10.6 Å². The molecule has 3 rings (SSSR count). The fraction of sp³-hybridized carbons (Fsp3) is 0.714. The molecule has 2 aliphatic heterocycles. The van der Waals surface area contributed by atoms with Crippen LogP contribution in [0.4, 0.5) is 0 Å². The molecule has 0 saturated carbocycles. The standard InChI is InChI=1S/C14H21N3O3/c1-3-19-13-7-12(20-15-13)14(18)17-6-4-5-10-8-16(2)9-11(10)17/h7,10-11H,3-6,8-9H2,1-2H3/t10-,11+/m0/s1. The summed E-state index contributed by atoms with van der Waals surface area (Å²) in [5.41, 5.74) is 0. The van der Waals surface area contributed by atoms with Gasteiger partial charge in [-0.25, -0.2) is 0 Å². The molecule has 0 N–H and O–H groups in total. The molecule has 2 fully saturated rings. The van der Waals surface area contributed by atoms with Gasteiger partial charge in [0.05, 0.1) is 12.7 Å². The minimum Gasteiger partial charge on any atom is -0.476 e. The summed E-state index contributed by atoms with van der Waals surface area (Å²) in [6.45, 7) is 5.22. The molecular weight excluding hydrogens is 258 g/mol. The summed E-state index contributed by atoms with van der Waals surface area (Å²) >= 11 is 0. The van der Waals surface area contributed by atoms with Gasteiger partial charge in [0.15, 0.2) is 0 Å². The summed E-state index contributed by atoms with van der Waals surface area (Å²) in [5.74, 6) is 1.19. The van der Waals surface area contributed by atoms with E-state index in [0.29, 0.717) is 24.4 Å². The number of aromatic nitrogens is 1. The van der Waals surface area contributed by atoms with Crippen molar-refractivity contribution >= 4 is 5.91 Å². The fourth-order valence-electron chi connectivity index (χ4n) is 3.36. The maximum atomic E-state index is 12.6. The van der Waals surface area contributed by atoms with Gasteiger partial charge in [0.25, 0.3) is 11.8 Å². The first kappa shape index (κ1) is 13.4. The van der Waals surface area contributed by atoms with E-state index in [1.54, 1.807) is 6.07 Å². The first-order chi connectivity index (χ1) is 9.69. The lowest BCUT2D eigenvalue weighted by Crippen LogP contribution is -2.48. The van der Waals surface area contributed by atoms with Crippen molar-refractivity contribution in [2.24, 2.45) is 5.92 Å². The van der Waals surface area contributed by atoms with Crippen molar-refractivity contribution < 1.29 is 14.1 Å². The van der Waals surface area contributed by atoms with E-state index in [-0.39, 0.29) is 11.7 Å². The fourth-order valence-corrected chi connectivity index (χ4v) is 3.36.